The minimum atomic E-state index is 0.254. The van der Waals surface area contributed by atoms with Gasteiger partial charge in [-0.3, -0.25) is 4.79 Å². The first-order valence-corrected chi connectivity index (χ1v) is 8.25. The monoisotopic (exact) mass is 281 g/mol. The molecule has 2 aliphatic rings. The molecule has 0 aromatic heterocycles. The number of rotatable bonds is 4. The Labute approximate surface area is 123 Å². The minimum Gasteiger partial charge on any atom is -0.353 e. The van der Waals surface area contributed by atoms with Gasteiger partial charge < -0.3 is 15.5 Å². The summed E-state index contributed by atoms with van der Waals surface area (Å²) in [4.78, 5) is 14.6. The number of hydrogen-bond acceptors (Lipinski definition) is 3. The van der Waals surface area contributed by atoms with Crippen LogP contribution < -0.4 is 10.6 Å². The first kappa shape index (κ1) is 15.8. The highest BCUT2D eigenvalue weighted by atomic mass is 16.1. The molecular weight excluding hydrogens is 250 g/mol. The highest BCUT2D eigenvalue weighted by molar-refractivity contribution is 5.76. The van der Waals surface area contributed by atoms with E-state index in [4.69, 9.17) is 0 Å². The van der Waals surface area contributed by atoms with Gasteiger partial charge >= 0.3 is 0 Å². The van der Waals surface area contributed by atoms with Gasteiger partial charge in [0.1, 0.15) is 0 Å². The Morgan fingerprint density at radius 1 is 1.45 bits per heavy atom. The second-order valence-corrected chi connectivity index (χ2v) is 6.99. The Hall–Kier alpha value is -0.610. The molecule has 4 atom stereocenters. The first-order valence-electron chi connectivity index (χ1n) is 8.25. The van der Waals surface area contributed by atoms with Crippen molar-refractivity contribution < 1.29 is 4.79 Å². The lowest BCUT2D eigenvalue weighted by Crippen LogP contribution is -2.49. The van der Waals surface area contributed by atoms with Crippen molar-refractivity contribution in [2.45, 2.75) is 45.6 Å². The molecule has 0 radical (unpaired) electrons. The summed E-state index contributed by atoms with van der Waals surface area (Å²) in [6.45, 7) is 8.89. The van der Waals surface area contributed by atoms with Crippen LogP contribution in [0.25, 0.3) is 0 Å². The Balaban J connectivity index is 1.74. The maximum absolute atomic E-state index is 12.2. The minimum absolute atomic E-state index is 0.254. The second kappa shape index (κ2) is 7.41. The summed E-state index contributed by atoms with van der Waals surface area (Å²) in [6.07, 6.45) is 4.29. The molecule has 4 nitrogen and oxygen atoms in total. The summed E-state index contributed by atoms with van der Waals surface area (Å²) in [6, 6.07) is 0.371. The number of carbonyl (C=O) groups is 1. The zero-order chi connectivity index (χ0) is 14.5. The normalized spacial score (nSPS) is 33.6. The molecular formula is C16H31N3O. The molecule has 2 heterocycles. The Morgan fingerprint density at radius 2 is 2.25 bits per heavy atom. The van der Waals surface area contributed by atoms with Crippen molar-refractivity contribution in [1.82, 2.24) is 15.5 Å². The molecule has 0 spiro atoms. The van der Waals surface area contributed by atoms with Crippen LogP contribution in [0, 0.1) is 17.8 Å². The van der Waals surface area contributed by atoms with Crippen LogP contribution in [0.3, 0.4) is 0 Å². The van der Waals surface area contributed by atoms with Gasteiger partial charge in [0.2, 0.25) is 5.91 Å². The molecule has 0 aromatic carbocycles. The van der Waals surface area contributed by atoms with Crippen LogP contribution in [0.15, 0.2) is 0 Å². The number of hydrogen-bond donors (Lipinski definition) is 2. The van der Waals surface area contributed by atoms with Crippen LogP contribution >= 0.6 is 0 Å². The molecule has 4 unspecified atom stereocenters. The summed E-state index contributed by atoms with van der Waals surface area (Å²) >= 11 is 0. The van der Waals surface area contributed by atoms with Gasteiger partial charge in [-0.15, -0.1) is 0 Å². The van der Waals surface area contributed by atoms with E-state index in [-0.39, 0.29) is 5.91 Å². The number of carbonyl (C=O) groups excluding carboxylic acids is 1. The Morgan fingerprint density at radius 3 is 2.90 bits per heavy atom. The quantitative estimate of drug-likeness (QED) is 0.820. The Bertz CT molecular complexity index is 315. The molecule has 1 amide bonds. The van der Waals surface area contributed by atoms with Gasteiger partial charge in [-0.2, -0.15) is 0 Å². The van der Waals surface area contributed by atoms with Crippen LogP contribution in [0.1, 0.15) is 39.5 Å². The van der Waals surface area contributed by atoms with Crippen LogP contribution in [0.4, 0.5) is 0 Å². The fraction of sp³-hybridized carbons (Fsp3) is 0.938. The fourth-order valence-electron chi connectivity index (χ4n) is 3.66. The Kier molecular flexibility index (Phi) is 5.85. The van der Waals surface area contributed by atoms with Gasteiger partial charge in [0.25, 0.3) is 0 Å². The van der Waals surface area contributed by atoms with Crippen LogP contribution in [-0.2, 0) is 4.79 Å². The predicted octanol–water partition coefficient (Wildman–Crippen LogP) is 1.47. The van der Waals surface area contributed by atoms with Gasteiger partial charge in [-0.1, -0.05) is 13.8 Å². The van der Waals surface area contributed by atoms with Crippen LogP contribution in [-0.4, -0.2) is 50.1 Å². The number of nitrogens with one attached hydrogen (secondary N) is 2. The molecule has 0 aromatic rings. The van der Waals surface area contributed by atoms with Crippen molar-refractivity contribution in [3.05, 3.63) is 0 Å². The molecule has 2 N–H and O–H groups in total. The second-order valence-electron chi connectivity index (χ2n) is 6.99. The third kappa shape index (κ3) is 4.45. The highest BCUT2D eigenvalue weighted by Gasteiger charge is 2.27. The average molecular weight is 281 g/mol. The van der Waals surface area contributed by atoms with E-state index in [1.54, 1.807) is 0 Å². The summed E-state index contributed by atoms with van der Waals surface area (Å²) in [5.41, 5.74) is 0. The predicted molar refractivity (Wildman–Crippen MR) is 82.6 cm³/mol. The molecule has 2 saturated heterocycles. The highest BCUT2D eigenvalue weighted by Crippen LogP contribution is 2.23. The molecule has 2 rings (SSSR count). The molecule has 2 aliphatic heterocycles. The van der Waals surface area contributed by atoms with E-state index in [0.29, 0.717) is 30.2 Å². The van der Waals surface area contributed by atoms with E-state index >= 15 is 0 Å². The zero-order valence-corrected chi connectivity index (χ0v) is 13.3. The van der Waals surface area contributed by atoms with Crippen molar-refractivity contribution in [2.75, 3.05) is 33.2 Å². The summed E-state index contributed by atoms with van der Waals surface area (Å²) < 4.78 is 0. The molecule has 20 heavy (non-hydrogen) atoms. The molecule has 0 saturated carbocycles. The van der Waals surface area contributed by atoms with Gasteiger partial charge in [-0.05, 0) is 63.7 Å². The van der Waals surface area contributed by atoms with Crippen molar-refractivity contribution >= 4 is 5.91 Å². The smallest absolute Gasteiger partial charge is 0.220 e. The summed E-state index contributed by atoms with van der Waals surface area (Å²) in [5.74, 6) is 1.97. The van der Waals surface area contributed by atoms with Gasteiger partial charge in [0.05, 0.1) is 0 Å². The number of amides is 1. The van der Waals surface area contributed by atoms with E-state index in [2.05, 4.69) is 36.4 Å². The SMILES string of the molecule is CC(CC(=O)NC1CCN(C)CC1C)C1CCCNC1. The fourth-order valence-corrected chi connectivity index (χ4v) is 3.66. The van der Waals surface area contributed by atoms with E-state index in [9.17, 15) is 4.79 Å². The van der Waals surface area contributed by atoms with Gasteiger partial charge in [0, 0.05) is 19.0 Å². The van der Waals surface area contributed by atoms with Crippen molar-refractivity contribution in [3.63, 3.8) is 0 Å². The number of nitrogens with zero attached hydrogens (tertiary/aromatic N) is 1. The van der Waals surface area contributed by atoms with E-state index in [1.165, 1.54) is 12.8 Å². The lowest BCUT2D eigenvalue weighted by atomic mass is 9.85. The van der Waals surface area contributed by atoms with E-state index in [0.717, 1.165) is 32.6 Å². The third-order valence-electron chi connectivity index (χ3n) is 5.10. The van der Waals surface area contributed by atoms with Gasteiger partial charge in [0.15, 0.2) is 0 Å². The maximum atomic E-state index is 12.2. The third-order valence-corrected chi connectivity index (χ3v) is 5.10. The van der Waals surface area contributed by atoms with Crippen molar-refractivity contribution in [1.29, 1.82) is 0 Å². The zero-order valence-electron chi connectivity index (χ0n) is 13.3. The number of likely N-dealkylation sites (tertiary alicyclic amines) is 1. The lowest BCUT2D eigenvalue weighted by Gasteiger charge is -2.35. The topological polar surface area (TPSA) is 44.4 Å². The molecule has 0 aliphatic carbocycles. The summed E-state index contributed by atoms with van der Waals surface area (Å²) in [7, 11) is 2.16. The molecule has 4 heteroatoms. The average Bonchev–Trinajstić information content (AvgIpc) is 2.43. The molecule has 2 fully saturated rings. The lowest BCUT2D eigenvalue weighted by molar-refractivity contribution is -0.123. The summed E-state index contributed by atoms with van der Waals surface area (Å²) in [5, 5.41) is 6.72. The molecule has 116 valence electrons. The van der Waals surface area contributed by atoms with E-state index in [1.807, 2.05) is 0 Å². The largest absolute Gasteiger partial charge is 0.353 e. The van der Waals surface area contributed by atoms with Crippen LogP contribution in [0.5, 0.6) is 0 Å². The first-order chi connectivity index (χ1) is 9.56. The van der Waals surface area contributed by atoms with E-state index < -0.39 is 0 Å². The van der Waals surface area contributed by atoms with Gasteiger partial charge in [-0.25, -0.2) is 0 Å². The maximum Gasteiger partial charge on any atom is 0.220 e. The van der Waals surface area contributed by atoms with Crippen molar-refractivity contribution in [3.8, 4) is 0 Å². The van der Waals surface area contributed by atoms with Crippen LogP contribution in [0.2, 0.25) is 0 Å². The standard InChI is InChI=1S/C16H31N3O/c1-12(14-5-4-7-17-10-14)9-16(20)18-15-6-8-19(3)11-13(15)2/h12-15,17H,4-11H2,1-3H3,(H,18,20). The van der Waals surface area contributed by atoms with Crippen molar-refractivity contribution in [2.24, 2.45) is 17.8 Å². The number of piperidine rings is 2. The molecule has 0 bridgehead atoms.